The smallest absolute Gasteiger partial charge is 0.352 e. The number of benzene rings is 4. The number of para-hydroxylation sites is 1. The van der Waals surface area contributed by atoms with Crippen molar-refractivity contribution in [2.24, 2.45) is 0 Å². The fourth-order valence-electron chi connectivity index (χ4n) is 4.66. The predicted molar refractivity (Wildman–Crippen MR) is 137 cm³/mol. The number of carboxylic acid groups (broad SMARTS) is 1. The normalized spacial score (nSPS) is 11.2. The molecule has 1 heterocycles. The lowest BCUT2D eigenvalue weighted by atomic mass is 10.00. The fourth-order valence-corrected chi connectivity index (χ4v) is 4.66. The number of fused-ring (bicyclic) bond motifs is 2. The van der Waals surface area contributed by atoms with Gasteiger partial charge < -0.3 is 14.8 Å². The highest BCUT2D eigenvalue weighted by atomic mass is 16.5. The number of carboxylic acids is 1. The fraction of sp³-hybridized carbons (Fsp3) is 0.167. The van der Waals surface area contributed by atoms with Crippen molar-refractivity contribution in [1.82, 2.24) is 4.98 Å². The standard InChI is InChI=1S/C30H27NO3/c32-30(33)29-26(16-8-20-34-27-17-7-12-22-11-4-5-14-24(22)27)25-15-6-13-23(28(25)31-29)19-18-21-9-2-1-3-10-21/h1-7,9-15,17,31H,8,16,18-20H2,(H,32,33). The molecule has 0 atom stereocenters. The van der Waals surface area contributed by atoms with E-state index in [1.54, 1.807) is 0 Å². The van der Waals surface area contributed by atoms with E-state index in [2.05, 4.69) is 41.4 Å². The minimum atomic E-state index is -0.921. The van der Waals surface area contributed by atoms with E-state index in [4.69, 9.17) is 4.74 Å². The first-order valence-corrected chi connectivity index (χ1v) is 11.7. The summed E-state index contributed by atoms with van der Waals surface area (Å²) in [6.45, 7) is 0.521. The molecule has 0 fully saturated rings. The van der Waals surface area contributed by atoms with Crippen LogP contribution in [-0.2, 0) is 19.3 Å². The van der Waals surface area contributed by atoms with E-state index in [9.17, 15) is 9.90 Å². The van der Waals surface area contributed by atoms with Crippen LogP contribution in [0.3, 0.4) is 0 Å². The summed E-state index contributed by atoms with van der Waals surface area (Å²) in [5.41, 5.74) is 4.48. The Hall–Kier alpha value is -4.05. The molecule has 4 aromatic carbocycles. The largest absolute Gasteiger partial charge is 0.493 e. The Morgan fingerprint density at radius 1 is 0.765 bits per heavy atom. The van der Waals surface area contributed by atoms with Gasteiger partial charge in [0.1, 0.15) is 11.4 Å². The number of aromatic carboxylic acids is 1. The van der Waals surface area contributed by atoms with Gasteiger partial charge in [-0.05, 0) is 53.8 Å². The second kappa shape index (κ2) is 9.84. The molecule has 0 amide bonds. The lowest BCUT2D eigenvalue weighted by Gasteiger charge is -2.09. The van der Waals surface area contributed by atoms with E-state index in [1.807, 2.05) is 54.6 Å². The summed E-state index contributed by atoms with van der Waals surface area (Å²) in [4.78, 5) is 15.2. The Bertz CT molecular complexity index is 1430. The van der Waals surface area contributed by atoms with Crippen LogP contribution in [0.1, 0.15) is 33.6 Å². The monoisotopic (exact) mass is 449 g/mol. The molecule has 0 aliphatic rings. The zero-order valence-electron chi connectivity index (χ0n) is 19.0. The van der Waals surface area contributed by atoms with Gasteiger partial charge in [0.05, 0.1) is 6.61 Å². The Morgan fingerprint density at radius 2 is 1.50 bits per heavy atom. The molecule has 0 radical (unpaired) electrons. The number of rotatable bonds is 9. The summed E-state index contributed by atoms with van der Waals surface area (Å²) < 4.78 is 6.08. The molecule has 0 spiro atoms. The molecule has 0 bridgehead atoms. The number of nitrogens with one attached hydrogen (secondary N) is 1. The summed E-state index contributed by atoms with van der Waals surface area (Å²) in [5.74, 6) is -0.0612. The van der Waals surface area contributed by atoms with Crippen LogP contribution in [0.15, 0.2) is 91.0 Å². The third-order valence-corrected chi connectivity index (χ3v) is 6.35. The van der Waals surface area contributed by atoms with Crippen molar-refractivity contribution in [3.63, 3.8) is 0 Å². The molecule has 170 valence electrons. The molecule has 0 saturated carbocycles. The number of hydrogen-bond acceptors (Lipinski definition) is 2. The van der Waals surface area contributed by atoms with Crippen LogP contribution in [0.25, 0.3) is 21.7 Å². The van der Waals surface area contributed by atoms with E-state index in [1.165, 1.54) is 5.56 Å². The SMILES string of the molecule is O=C(O)c1[nH]c2c(CCc3ccccc3)cccc2c1CCCOc1cccc2ccccc12. The summed E-state index contributed by atoms with van der Waals surface area (Å²) in [6.07, 6.45) is 3.12. The molecule has 4 nitrogen and oxygen atoms in total. The van der Waals surface area contributed by atoms with Crippen molar-refractivity contribution >= 4 is 27.6 Å². The Morgan fingerprint density at radius 3 is 2.35 bits per heavy atom. The first kappa shape index (κ1) is 21.8. The predicted octanol–water partition coefficient (Wildman–Crippen LogP) is 6.82. The minimum Gasteiger partial charge on any atom is -0.493 e. The first-order chi connectivity index (χ1) is 16.7. The van der Waals surface area contributed by atoms with Crippen molar-refractivity contribution < 1.29 is 14.6 Å². The van der Waals surface area contributed by atoms with E-state index >= 15 is 0 Å². The molecule has 0 saturated heterocycles. The Labute approximate surface area is 198 Å². The summed E-state index contributed by atoms with van der Waals surface area (Å²) >= 11 is 0. The minimum absolute atomic E-state index is 0.285. The van der Waals surface area contributed by atoms with Crippen molar-refractivity contribution in [1.29, 1.82) is 0 Å². The second-order valence-corrected chi connectivity index (χ2v) is 8.54. The quantitative estimate of drug-likeness (QED) is 0.243. The van der Waals surface area contributed by atoms with E-state index in [0.717, 1.165) is 57.8 Å². The van der Waals surface area contributed by atoms with E-state index in [0.29, 0.717) is 13.0 Å². The van der Waals surface area contributed by atoms with Gasteiger partial charge in [0.2, 0.25) is 0 Å². The van der Waals surface area contributed by atoms with Crippen molar-refractivity contribution in [2.45, 2.75) is 25.7 Å². The highest BCUT2D eigenvalue weighted by Gasteiger charge is 2.18. The van der Waals surface area contributed by atoms with Crippen LogP contribution in [0.4, 0.5) is 0 Å². The van der Waals surface area contributed by atoms with Crippen LogP contribution in [-0.4, -0.2) is 22.7 Å². The zero-order valence-corrected chi connectivity index (χ0v) is 19.0. The van der Waals surface area contributed by atoms with Crippen LogP contribution in [0.5, 0.6) is 5.75 Å². The number of ether oxygens (including phenoxy) is 1. The molecular weight excluding hydrogens is 422 g/mol. The molecule has 34 heavy (non-hydrogen) atoms. The maximum atomic E-state index is 12.0. The molecule has 0 unspecified atom stereocenters. The van der Waals surface area contributed by atoms with E-state index < -0.39 is 5.97 Å². The average Bonchev–Trinajstić information content (AvgIpc) is 3.25. The van der Waals surface area contributed by atoms with Crippen LogP contribution >= 0.6 is 0 Å². The molecule has 2 N–H and O–H groups in total. The molecule has 4 heteroatoms. The third kappa shape index (κ3) is 4.53. The molecule has 1 aromatic heterocycles. The van der Waals surface area contributed by atoms with Crippen LogP contribution in [0.2, 0.25) is 0 Å². The number of aromatic amines is 1. The lowest BCUT2D eigenvalue weighted by Crippen LogP contribution is -2.04. The Kier molecular flexibility index (Phi) is 6.30. The van der Waals surface area contributed by atoms with Gasteiger partial charge in [-0.1, -0.05) is 84.9 Å². The van der Waals surface area contributed by atoms with Gasteiger partial charge in [-0.15, -0.1) is 0 Å². The van der Waals surface area contributed by atoms with Gasteiger partial charge in [0.15, 0.2) is 0 Å². The zero-order chi connectivity index (χ0) is 23.3. The van der Waals surface area contributed by atoms with Crippen molar-refractivity contribution in [2.75, 3.05) is 6.61 Å². The van der Waals surface area contributed by atoms with E-state index in [-0.39, 0.29) is 5.69 Å². The Balaban J connectivity index is 1.33. The third-order valence-electron chi connectivity index (χ3n) is 6.35. The van der Waals surface area contributed by atoms with Gasteiger partial charge in [-0.2, -0.15) is 0 Å². The average molecular weight is 450 g/mol. The van der Waals surface area contributed by atoms with Gasteiger partial charge in [0.25, 0.3) is 0 Å². The van der Waals surface area contributed by atoms with Crippen molar-refractivity contribution in [3.05, 3.63) is 113 Å². The summed E-state index contributed by atoms with van der Waals surface area (Å²) in [5, 5.41) is 13.1. The number of hydrogen-bond donors (Lipinski definition) is 2. The highest BCUT2D eigenvalue weighted by molar-refractivity contribution is 5.98. The lowest BCUT2D eigenvalue weighted by molar-refractivity contribution is 0.0690. The summed E-state index contributed by atoms with van der Waals surface area (Å²) in [7, 11) is 0. The van der Waals surface area contributed by atoms with Crippen molar-refractivity contribution in [3.8, 4) is 5.75 Å². The molecular formula is C30H27NO3. The number of aromatic nitrogens is 1. The van der Waals surface area contributed by atoms with Crippen LogP contribution < -0.4 is 4.74 Å². The first-order valence-electron chi connectivity index (χ1n) is 11.7. The number of H-pyrrole nitrogens is 1. The van der Waals surface area contributed by atoms with Gasteiger partial charge in [-0.3, -0.25) is 0 Å². The molecule has 0 aliphatic carbocycles. The van der Waals surface area contributed by atoms with Gasteiger partial charge in [0, 0.05) is 16.3 Å². The summed E-state index contributed by atoms with van der Waals surface area (Å²) in [6, 6.07) is 30.7. The number of aryl methyl sites for hydroxylation is 3. The maximum absolute atomic E-state index is 12.0. The van der Waals surface area contributed by atoms with Gasteiger partial charge >= 0.3 is 5.97 Å². The highest BCUT2D eigenvalue weighted by Crippen LogP contribution is 2.29. The maximum Gasteiger partial charge on any atom is 0.352 e. The second-order valence-electron chi connectivity index (χ2n) is 8.54. The molecule has 5 rings (SSSR count). The van der Waals surface area contributed by atoms with Gasteiger partial charge in [-0.25, -0.2) is 4.79 Å². The molecule has 5 aromatic rings. The van der Waals surface area contributed by atoms with Crippen LogP contribution in [0, 0.1) is 0 Å². The number of carbonyl (C=O) groups is 1. The topological polar surface area (TPSA) is 62.3 Å². The molecule has 0 aliphatic heterocycles.